The number of nitrogens with one attached hydrogen (secondary N) is 1. The van der Waals surface area contributed by atoms with Crippen LogP contribution in [0.1, 0.15) is 10.4 Å². The van der Waals surface area contributed by atoms with Crippen LogP contribution in [0, 0.1) is 10.1 Å². The summed E-state index contributed by atoms with van der Waals surface area (Å²) in [5, 5.41) is 13.1. The highest BCUT2D eigenvalue weighted by atomic mass is 79.9. The monoisotopic (exact) mass is 306 g/mol. The van der Waals surface area contributed by atoms with Gasteiger partial charge in [0.25, 0.3) is 11.6 Å². The van der Waals surface area contributed by atoms with Crippen LogP contribution >= 0.6 is 27.5 Å². The molecule has 16 heavy (non-hydrogen) atoms. The highest BCUT2D eigenvalue weighted by molar-refractivity contribution is 9.10. The molecular weight excluding hydrogens is 299 g/mol. The van der Waals surface area contributed by atoms with E-state index in [0.29, 0.717) is 16.9 Å². The fourth-order valence-electron chi connectivity index (χ4n) is 1.07. The van der Waals surface area contributed by atoms with E-state index in [4.69, 9.17) is 11.6 Å². The molecule has 1 amide bonds. The molecule has 86 valence electrons. The summed E-state index contributed by atoms with van der Waals surface area (Å²) in [6.45, 7) is 0.320. The standard InChI is InChI=1S/C9H8BrClN2O3/c10-7-3-6(9(14)12-2-1-11)4-8(5-7)13(15)16/h3-5H,1-2H2,(H,12,14). The number of nitro benzene ring substituents is 1. The lowest BCUT2D eigenvalue weighted by molar-refractivity contribution is -0.385. The van der Waals surface area contributed by atoms with Crippen LogP contribution in [0.2, 0.25) is 0 Å². The number of carbonyl (C=O) groups is 1. The van der Waals surface area contributed by atoms with Crippen LogP contribution in [0.15, 0.2) is 22.7 Å². The van der Waals surface area contributed by atoms with Crippen molar-refractivity contribution in [3.8, 4) is 0 Å². The molecule has 0 aliphatic rings. The third-order valence-corrected chi connectivity index (χ3v) is 2.38. The quantitative estimate of drug-likeness (QED) is 0.527. The van der Waals surface area contributed by atoms with Gasteiger partial charge in [-0.3, -0.25) is 14.9 Å². The van der Waals surface area contributed by atoms with Crippen LogP contribution in [0.5, 0.6) is 0 Å². The zero-order valence-electron chi connectivity index (χ0n) is 8.07. The first-order chi connectivity index (χ1) is 7.54. The van der Waals surface area contributed by atoms with Gasteiger partial charge in [0.1, 0.15) is 0 Å². The number of rotatable bonds is 4. The lowest BCUT2D eigenvalue weighted by atomic mass is 10.2. The Morgan fingerprint density at radius 3 is 2.75 bits per heavy atom. The molecule has 5 nitrogen and oxygen atoms in total. The maximum absolute atomic E-state index is 11.5. The predicted octanol–water partition coefficient (Wildman–Crippen LogP) is 2.33. The number of nitro groups is 1. The van der Waals surface area contributed by atoms with Gasteiger partial charge in [-0.15, -0.1) is 11.6 Å². The van der Waals surface area contributed by atoms with Crippen molar-refractivity contribution in [1.29, 1.82) is 0 Å². The number of hydrogen-bond donors (Lipinski definition) is 1. The molecule has 7 heteroatoms. The highest BCUT2D eigenvalue weighted by Crippen LogP contribution is 2.21. The molecule has 0 aliphatic heterocycles. The molecule has 1 aromatic rings. The van der Waals surface area contributed by atoms with Crippen LogP contribution in [0.3, 0.4) is 0 Å². The number of halogens is 2. The maximum atomic E-state index is 11.5. The molecule has 0 saturated carbocycles. The topological polar surface area (TPSA) is 72.2 Å². The van der Waals surface area contributed by atoms with Crippen molar-refractivity contribution < 1.29 is 9.72 Å². The van der Waals surface area contributed by atoms with Crippen LogP contribution in [0.4, 0.5) is 5.69 Å². The van der Waals surface area contributed by atoms with E-state index in [1.54, 1.807) is 0 Å². The van der Waals surface area contributed by atoms with Crippen molar-refractivity contribution in [3.63, 3.8) is 0 Å². The van der Waals surface area contributed by atoms with Crippen LogP contribution in [-0.4, -0.2) is 23.3 Å². The van der Waals surface area contributed by atoms with Crippen molar-refractivity contribution in [2.45, 2.75) is 0 Å². The summed E-state index contributed by atoms with van der Waals surface area (Å²) < 4.78 is 0.484. The lowest BCUT2D eigenvalue weighted by Crippen LogP contribution is -2.25. The van der Waals surface area contributed by atoms with Crippen LogP contribution in [0.25, 0.3) is 0 Å². The van der Waals surface area contributed by atoms with Gasteiger partial charge in [-0.1, -0.05) is 15.9 Å². The first-order valence-electron chi connectivity index (χ1n) is 4.33. The minimum atomic E-state index is -0.552. The fraction of sp³-hybridized carbons (Fsp3) is 0.222. The molecule has 1 N–H and O–H groups in total. The Balaban J connectivity index is 2.95. The number of non-ortho nitro benzene ring substituents is 1. The van der Waals surface area contributed by atoms with Gasteiger partial charge in [0.15, 0.2) is 0 Å². The molecule has 1 rings (SSSR count). The van der Waals surface area contributed by atoms with Gasteiger partial charge in [-0.05, 0) is 6.07 Å². The second-order valence-corrected chi connectivity index (χ2v) is 4.19. The summed E-state index contributed by atoms with van der Waals surface area (Å²) in [6.07, 6.45) is 0. The van der Waals surface area contributed by atoms with Crippen molar-refractivity contribution in [1.82, 2.24) is 5.32 Å². The SMILES string of the molecule is O=C(NCCCl)c1cc(Br)cc([N+](=O)[O-])c1. The van der Waals surface area contributed by atoms with E-state index >= 15 is 0 Å². The summed E-state index contributed by atoms with van der Waals surface area (Å²) in [6, 6.07) is 4.06. The van der Waals surface area contributed by atoms with Crippen LogP contribution < -0.4 is 5.32 Å². The Hall–Kier alpha value is -1.14. The number of carbonyl (C=O) groups excluding carboxylic acids is 1. The molecule has 0 fully saturated rings. The summed E-state index contributed by atoms with van der Waals surface area (Å²) in [5.74, 6) is -0.0907. The smallest absolute Gasteiger partial charge is 0.271 e. The second kappa shape index (κ2) is 5.81. The van der Waals surface area contributed by atoms with Crippen molar-refractivity contribution in [2.24, 2.45) is 0 Å². The van der Waals surface area contributed by atoms with E-state index < -0.39 is 4.92 Å². The van der Waals surface area contributed by atoms with E-state index in [2.05, 4.69) is 21.2 Å². The number of hydrogen-bond acceptors (Lipinski definition) is 3. The zero-order chi connectivity index (χ0) is 12.1. The van der Waals surface area contributed by atoms with Gasteiger partial charge in [-0.25, -0.2) is 0 Å². The Morgan fingerprint density at radius 2 is 2.19 bits per heavy atom. The summed E-state index contributed by atoms with van der Waals surface area (Å²) >= 11 is 8.52. The largest absolute Gasteiger partial charge is 0.351 e. The van der Waals surface area contributed by atoms with Gasteiger partial charge in [0, 0.05) is 34.6 Å². The Labute approximate surface area is 105 Å². The number of amides is 1. The third kappa shape index (κ3) is 3.46. The van der Waals surface area contributed by atoms with E-state index in [1.165, 1.54) is 18.2 Å². The normalized spacial score (nSPS) is 9.88. The summed E-state index contributed by atoms with van der Waals surface area (Å²) in [5.41, 5.74) is 0.0941. The Morgan fingerprint density at radius 1 is 1.50 bits per heavy atom. The average molecular weight is 308 g/mol. The fourth-order valence-corrected chi connectivity index (χ4v) is 1.65. The second-order valence-electron chi connectivity index (χ2n) is 2.90. The van der Waals surface area contributed by atoms with Crippen molar-refractivity contribution >= 4 is 39.1 Å². The zero-order valence-corrected chi connectivity index (χ0v) is 10.4. The molecule has 0 radical (unpaired) electrons. The molecule has 0 bridgehead atoms. The number of benzene rings is 1. The van der Waals surface area contributed by atoms with Gasteiger partial charge in [0.2, 0.25) is 0 Å². The van der Waals surface area contributed by atoms with E-state index in [-0.39, 0.29) is 17.2 Å². The lowest BCUT2D eigenvalue weighted by Gasteiger charge is -2.03. The Kier molecular flexibility index (Phi) is 4.70. The molecule has 0 spiro atoms. The van der Waals surface area contributed by atoms with E-state index in [0.717, 1.165) is 0 Å². The highest BCUT2D eigenvalue weighted by Gasteiger charge is 2.13. The molecule has 0 aliphatic carbocycles. The molecule has 0 unspecified atom stereocenters. The van der Waals surface area contributed by atoms with Gasteiger partial charge in [-0.2, -0.15) is 0 Å². The van der Waals surface area contributed by atoms with Gasteiger partial charge in [0.05, 0.1) is 4.92 Å². The van der Waals surface area contributed by atoms with Gasteiger partial charge >= 0.3 is 0 Å². The average Bonchev–Trinajstić information content (AvgIpc) is 2.24. The molecule has 0 atom stereocenters. The van der Waals surface area contributed by atoms with Gasteiger partial charge < -0.3 is 5.32 Å². The first kappa shape index (κ1) is 12.9. The summed E-state index contributed by atoms with van der Waals surface area (Å²) in [4.78, 5) is 21.5. The van der Waals surface area contributed by atoms with Crippen molar-refractivity contribution in [2.75, 3.05) is 12.4 Å². The molecule has 0 heterocycles. The minimum absolute atomic E-state index is 0.134. The first-order valence-corrected chi connectivity index (χ1v) is 5.66. The van der Waals surface area contributed by atoms with E-state index in [9.17, 15) is 14.9 Å². The Bertz CT molecular complexity index is 425. The molecule has 0 saturated heterocycles. The van der Waals surface area contributed by atoms with E-state index in [1.807, 2.05) is 0 Å². The number of alkyl halides is 1. The molecular formula is C9H8BrClN2O3. The third-order valence-electron chi connectivity index (χ3n) is 1.74. The minimum Gasteiger partial charge on any atom is -0.351 e. The summed E-state index contributed by atoms with van der Waals surface area (Å²) in [7, 11) is 0. The maximum Gasteiger partial charge on any atom is 0.271 e. The van der Waals surface area contributed by atoms with Crippen LogP contribution in [-0.2, 0) is 0 Å². The molecule has 0 aromatic heterocycles. The predicted molar refractivity (Wildman–Crippen MR) is 63.8 cm³/mol. The van der Waals surface area contributed by atoms with Crippen molar-refractivity contribution in [3.05, 3.63) is 38.3 Å². The number of nitrogens with zero attached hydrogens (tertiary/aromatic N) is 1. The molecule has 1 aromatic carbocycles.